The Bertz CT molecular complexity index is 576. The first-order chi connectivity index (χ1) is 8.84. The summed E-state index contributed by atoms with van der Waals surface area (Å²) in [5, 5.41) is 0.703. The van der Waals surface area contributed by atoms with E-state index in [0.29, 0.717) is 15.9 Å². The lowest BCUT2D eigenvalue weighted by Crippen LogP contribution is -2.36. The van der Waals surface area contributed by atoms with Crippen LogP contribution < -0.4 is 0 Å². The maximum absolute atomic E-state index is 12.2. The molecule has 1 aromatic heterocycles. The molecule has 1 aliphatic carbocycles. The van der Waals surface area contributed by atoms with Crippen molar-refractivity contribution in [2.75, 3.05) is 0 Å². The largest absolute Gasteiger partial charge is 0.276 e. The van der Waals surface area contributed by atoms with Crippen LogP contribution in [0.3, 0.4) is 0 Å². The summed E-state index contributed by atoms with van der Waals surface area (Å²) in [5.74, 6) is -0.619. The average molecular weight is 299 g/mol. The molecule has 2 heterocycles. The highest BCUT2D eigenvalue weighted by Crippen LogP contribution is 2.63. The summed E-state index contributed by atoms with van der Waals surface area (Å²) in [6, 6.07) is 3.18. The van der Waals surface area contributed by atoms with Crippen LogP contribution in [0.5, 0.6) is 0 Å². The number of pyridine rings is 1. The summed E-state index contributed by atoms with van der Waals surface area (Å²) in [6.07, 6.45) is 0. The number of fused-ring (bicyclic) bond motifs is 1. The molecule has 2 aliphatic rings. The van der Waals surface area contributed by atoms with E-state index < -0.39 is 0 Å². The molecule has 1 saturated carbocycles. The van der Waals surface area contributed by atoms with Crippen LogP contribution in [-0.2, 0) is 16.1 Å². The fourth-order valence-electron chi connectivity index (χ4n) is 2.88. The molecule has 0 N–H and O–H groups in total. The first-order valence-electron chi connectivity index (χ1n) is 6.00. The number of carbonyl (C=O) groups excluding carboxylic acids is 2. The Morgan fingerprint density at radius 2 is 1.79 bits per heavy atom. The lowest BCUT2D eigenvalue weighted by molar-refractivity contribution is -0.143. The van der Waals surface area contributed by atoms with Gasteiger partial charge in [-0.1, -0.05) is 37.0 Å². The van der Waals surface area contributed by atoms with Crippen LogP contribution in [0.25, 0.3) is 0 Å². The zero-order valence-electron chi connectivity index (χ0n) is 10.5. The zero-order valence-corrected chi connectivity index (χ0v) is 12.0. The number of nitrogens with zero attached hydrogens (tertiary/aromatic N) is 2. The Kier molecular flexibility index (Phi) is 2.67. The predicted octanol–water partition coefficient (Wildman–Crippen LogP) is 2.53. The van der Waals surface area contributed by atoms with Gasteiger partial charge < -0.3 is 0 Å². The second kappa shape index (κ2) is 3.93. The van der Waals surface area contributed by atoms with Crippen molar-refractivity contribution in [1.29, 1.82) is 0 Å². The normalized spacial score (nSPS) is 27.7. The van der Waals surface area contributed by atoms with E-state index in [1.165, 1.54) is 4.90 Å². The molecular formula is C13H12Cl2N2O2. The molecule has 2 unspecified atom stereocenters. The molecule has 6 heteroatoms. The highest BCUT2D eigenvalue weighted by Gasteiger charge is 2.72. The lowest BCUT2D eigenvalue weighted by atomic mass is 10.1. The molecule has 4 nitrogen and oxygen atoms in total. The van der Waals surface area contributed by atoms with E-state index >= 15 is 0 Å². The quantitative estimate of drug-likeness (QED) is 0.623. The van der Waals surface area contributed by atoms with E-state index in [2.05, 4.69) is 4.98 Å². The highest BCUT2D eigenvalue weighted by atomic mass is 35.5. The van der Waals surface area contributed by atoms with Crippen molar-refractivity contribution in [3.8, 4) is 0 Å². The van der Waals surface area contributed by atoms with Crippen molar-refractivity contribution >= 4 is 35.0 Å². The van der Waals surface area contributed by atoms with E-state index in [-0.39, 0.29) is 35.6 Å². The van der Waals surface area contributed by atoms with Crippen LogP contribution in [0.2, 0.25) is 10.2 Å². The van der Waals surface area contributed by atoms with Gasteiger partial charge in [-0.2, -0.15) is 0 Å². The fourth-order valence-corrected chi connectivity index (χ4v) is 3.21. The Labute approximate surface area is 120 Å². The third-order valence-electron chi connectivity index (χ3n) is 4.08. The number of likely N-dealkylation sites (tertiary alicyclic amines) is 1. The first kappa shape index (κ1) is 12.9. The Morgan fingerprint density at radius 1 is 1.21 bits per heavy atom. The maximum atomic E-state index is 12.2. The van der Waals surface area contributed by atoms with Crippen LogP contribution in [0.15, 0.2) is 12.1 Å². The molecule has 2 amide bonds. The van der Waals surface area contributed by atoms with Crippen LogP contribution in [0.1, 0.15) is 19.5 Å². The number of hydrogen-bond donors (Lipinski definition) is 0. The maximum Gasteiger partial charge on any atom is 0.234 e. The molecule has 0 radical (unpaired) electrons. The van der Waals surface area contributed by atoms with Crippen LogP contribution in [-0.4, -0.2) is 21.7 Å². The van der Waals surface area contributed by atoms with E-state index in [4.69, 9.17) is 23.2 Å². The van der Waals surface area contributed by atoms with E-state index in [1.807, 2.05) is 13.8 Å². The van der Waals surface area contributed by atoms with Crippen molar-refractivity contribution in [2.45, 2.75) is 20.4 Å². The van der Waals surface area contributed by atoms with Crippen LogP contribution >= 0.6 is 23.2 Å². The number of carbonyl (C=O) groups is 2. The van der Waals surface area contributed by atoms with Crippen LogP contribution in [0, 0.1) is 17.3 Å². The second-order valence-corrected chi connectivity index (χ2v) is 6.40. The lowest BCUT2D eigenvalue weighted by Gasteiger charge is -2.20. The Hall–Kier alpha value is -1.13. The minimum atomic E-state index is -0.198. The number of amides is 2. The molecule has 19 heavy (non-hydrogen) atoms. The van der Waals surface area contributed by atoms with Gasteiger partial charge in [-0.05, 0) is 17.5 Å². The van der Waals surface area contributed by atoms with Crippen molar-refractivity contribution < 1.29 is 9.59 Å². The second-order valence-electron chi connectivity index (χ2n) is 5.60. The van der Waals surface area contributed by atoms with E-state index in [0.717, 1.165) is 0 Å². The van der Waals surface area contributed by atoms with E-state index in [1.54, 1.807) is 12.1 Å². The van der Waals surface area contributed by atoms with Gasteiger partial charge >= 0.3 is 0 Å². The van der Waals surface area contributed by atoms with Crippen LogP contribution in [0.4, 0.5) is 0 Å². The monoisotopic (exact) mass is 298 g/mol. The number of rotatable bonds is 2. The molecule has 2 atom stereocenters. The molecule has 0 aromatic carbocycles. The minimum absolute atomic E-state index is 0.0974. The molecule has 0 bridgehead atoms. The topological polar surface area (TPSA) is 50.3 Å². The van der Waals surface area contributed by atoms with Crippen molar-refractivity contribution in [1.82, 2.24) is 9.88 Å². The molecule has 0 spiro atoms. The summed E-state index contributed by atoms with van der Waals surface area (Å²) >= 11 is 11.8. The molecule has 100 valence electrons. The van der Waals surface area contributed by atoms with Gasteiger partial charge in [0.05, 0.1) is 29.1 Å². The molecule has 1 aliphatic heterocycles. The minimum Gasteiger partial charge on any atom is -0.276 e. The molecule has 2 fully saturated rings. The van der Waals surface area contributed by atoms with Crippen molar-refractivity contribution in [3.63, 3.8) is 0 Å². The van der Waals surface area contributed by atoms with Gasteiger partial charge in [-0.3, -0.25) is 14.5 Å². The molecular weight excluding hydrogens is 287 g/mol. The third kappa shape index (κ3) is 1.77. The smallest absolute Gasteiger partial charge is 0.234 e. The van der Waals surface area contributed by atoms with Crippen molar-refractivity contribution in [2.24, 2.45) is 17.3 Å². The number of piperidine rings is 1. The number of hydrogen-bond acceptors (Lipinski definition) is 3. The SMILES string of the molecule is CC1(C)C2C(=O)N(Cc3nc(Cl)ccc3Cl)C(=O)C21. The number of halogens is 2. The third-order valence-corrected chi connectivity index (χ3v) is 4.64. The predicted molar refractivity (Wildman–Crippen MR) is 70.6 cm³/mol. The van der Waals surface area contributed by atoms with Gasteiger partial charge in [0.1, 0.15) is 5.15 Å². The standard InChI is InChI=1S/C13H12Cl2N2O2/c1-13(2)9-10(13)12(19)17(11(9)18)5-7-6(14)3-4-8(15)16-7/h3-4,9-10H,5H2,1-2H3. The number of aromatic nitrogens is 1. The summed E-state index contributed by atoms with van der Waals surface area (Å²) in [7, 11) is 0. The molecule has 3 rings (SSSR count). The summed E-state index contributed by atoms with van der Waals surface area (Å²) < 4.78 is 0. The highest BCUT2D eigenvalue weighted by molar-refractivity contribution is 6.32. The van der Waals surface area contributed by atoms with Gasteiger partial charge in [0.2, 0.25) is 11.8 Å². The first-order valence-corrected chi connectivity index (χ1v) is 6.76. The average Bonchev–Trinajstić information content (AvgIpc) is 2.80. The van der Waals surface area contributed by atoms with Crippen molar-refractivity contribution in [3.05, 3.63) is 28.0 Å². The molecule has 1 saturated heterocycles. The summed E-state index contributed by atoms with van der Waals surface area (Å²) in [6.45, 7) is 3.99. The Balaban J connectivity index is 1.85. The zero-order chi connectivity index (χ0) is 13.9. The van der Waals surface area contributed by atoms with Gasteiger partial charge in [-0.25, -0.2) is 4.98 Å². The van der Waals surface area contributed by atoms with Gasteiger partial charge in [0, 0.05) is 0 Å². The fraction of sp³-hybridized carbons (Fsp3) is 0.462. The van der Waals surface area contributed by atoms with E-state index in [9.17, 15) is 9.59 Å². The molecule has 1 aromatic rings. The Morgan fingerprint density at radius 3 is 2.37 bits per heavy atom. The van der Waals surface area contributed by atoms with Gasteiger partial charge in [0.25, 0.3) is 0 Å². The van der Waals surface area contributed by atoms with Gasteiger partial charge in [-0.15, -0.1) is 0 Å². The number of imide groups is 1. The summed E-state index contributed by atoms with van der Waals surface area (Å²) in [4.78, 5) is 29.7. The summed E-state index contributed by atoms with van der Waals surface area (Å²) in [5.41, 5.74) is 0.255. The van der Waals surface area contributed by atoms with Gasteiger partial charge in [0.15, 0.2) is 0 Å².